The molecule has 0 aliphatic carbocycles. The Labute approximate surface area is 149 Å². The Morgan fingerprint density at radius 1 is 0.960 bits per heavy atom. The second kappa shape index (κ2) is 7.81. The zero-order valence-electron chi connectivity index (χ0n) is 14.6. The number of allylic oxidation sites excluding steroid dienone is 2. The predicted octanol–water partition coefficient (Wildman–Crippen LogP) is 6.20. The monoisotopic (exact) mass is 328 g/mol. The minimum atomic E-state index is -0.239. The van der Waals surface area contributed by atoms with Gasteiger partial charge in [0.2, 0.25) is 0 Å². The summed E-state index contributed by atoms with van der Waals surface area (Å²) in [5.41, 5.74) is 3.75. The average molecular weight is 328 g/mol. The third-order valence-corrected chi connectivity index (χ3v) is 4.25. The first-order valence-electron chi connectivity index (χ1n) is 8.58. The van der Waals surface area contributed by atoms with Gasteiger partial charge < -0.3 is 0 Å². The highest BCUT2D eigenvalue weighted by atomic mass is 19.1. The van der Waals surface area contributed by atoms with Crippen molar-refractivity contribution >= 4 is 10.8 Å². The highest BCUT2D eigenvalue weighted by Crippen LogP contribution is 2.23. The smallest absolute Gasteiger partial charge is 0.146 e. The van der Waals surface area contributed by atoms with Crippen molar-refractivity contribution < 1.29 is 4.39 Å². The van der Waals surface area contributed by atoms with Gasteiger partial charge in [-0.3, -0.25) is 0 Å². The lowest BCUT2D eigenvalue weighted by Gasteiger charge is -2.05. The third kappa shape index (κ3) is 4.17. The van der Waals surface area contributed by atoms with E-state index in [0.29, 0.717) is 10.9 Å². The van der Waals surface area contributed by atoms with E-state index in [1.165, 1.54) is 11.1 Å². The molecule has 0 aliphatic rings. The topological polar surface area (TPSA) is 0 Å². The first-order chi connectivity index (χ1) is 12.2. The maximum Gasteiger partial charge on any atom is 0.146 e. The minimum Gasteiger partial charge on any atom is -0.205 e. The zero-order chi connectivity index (χ0) is 17.6. The van der Waals surface area contributed by atoms with Crippen molar-refractivity contribution in [3.05, 3.63) is 94.8 Å². The number of aryl methyl sites for hydroxylation is 2. The van der Waals surface area contributed by atoms with Crippen molar-refractivity contribution in [2.75, 3.05) is 0 Å². The molecule has 0 aromatic heterocycles. The van der Waals surface area contributed by atoms with Gasteiger partial charge in [-0.15, -0.1) is 0 Å². The third-order valence-electron chi connectivity index (χ3n) is 4.25. The molecule has 0 saturated carbocycles. The fourth-order valence-corrected chi connectivity index (χ4v) is 2.79. The maximum absolute atomic E-state index is 14.8. The number of hydrogen-bond donors (Lipinski definition) is 0. The van der Waals surface area contributed by atoms with E-state index in [9.17, 15) is 4.39 Å². The summed E-state index contributed by atoms with van der Waals surface area (Å²) in [5, 5.41) is 1.56. The van der Waals surface area contributed by atoms with Gasteiger partial charge in [0, 0.05) is 10.9 Å². The van der Waals surface area contributed by atoms with E-state index in [1.54, 1.807) is 6.07 Å². The second-order valence-electron chi connectivity index (χ2n) is 6.21. The summed E-state index contributed by atoms with van der Waals surface area (Å²) in [4.78, 5) is 0. The van der Waals surface area contributed by atoms with Crippen LogP contribution in [0, 0.1) is 24.6 Å². The van der Waals surface area contributed by atoms with Crippen molar-refractivity contribution in [1.29, 1.82) is 0 Å². The molecular formula is C24H21F. The van der Waals surface area contributed by atoms with Gasteiger partial charge in [0.25, 0.3) is 0 Å². The van der Waals surface area contributed by atoms with E-state index in [1.807, 2.05) is 56.3 Å². The van der Waals surface area contributed by atoms with E-state index in [4.69, 9.17) is 0 Å². The van der Waals surface area contributed by atoms with Crippen molar-refractivity contribution in [1.82, 2.24) is 0 Å². The molecule has 0 bridgehead atoms. The Balaban J connectivity index is 1.89. The van der Waals surface area contributed by atoms with Gasteiger partial charge in [-0.2, -0.15) is 0 Å². The second-order valence-corrected chi connectivity index (χ2v) is 6.21. The van der Waals surface area contributed by atoms with Crippen LogP contribution in [0.15, 0.2) is 66.7 Å². The lowest BCUT2D eigenvalue weighted by Crippen LogP contribution is -1.89. The number of halogens is 1. The molecule has 0 fully saturated rings. The molecule has 0 nitrogen and oxygen atoms in total. The van der Waals surface area contributed by atoms with Gasteiger partial charge in [0.05, 0.1) is 5.56 Å². The van der Waals surface area contributed by atoms with Crippen LogP contribution >= 0.6 is 0 Å². The molecule has 25 heavy (non-hydrogen) atoms. The number of benzene rings is 3. The van der Waals surface area contributed by atoms with Gasteiger partial charge in [0.15, 0.2) is 0 Å². The summed E-state index contributed by atoms with van der Waals surface area (Å²) < 4.78 is 14.8. The van der Waals surface area contributed by atoms with E-state index < -0.39 is 0 Å². The predicted molar refractivity (Wildman–Crippen MR) is 104 cm³/mol. The summed E-state index contributed by atoms with van der Waals surface area (Å²) in [7, 11) is 0. The minimum absolute atomic E-state index is 0.239. The molecule has 1 heteroatoms. The molecule has 0 N–H and O–H groups in total. The molecular weight excluding hydrogens is 307 g/mol. The highest BCUT2D eigenvalue weighted by Gasteiger charge is 2.06. The van der Waals surface area contributed by atoms with E-state index in [0.717, 1.165) is 23.8 Å². The standard InChI is InChI=1S/C24H21F/c1-3-4-5-6-20-12-16-23-22(17-20)15-14-21(24(23)25)13-11-19-9-7-18(2)8-10-19/h3-4,7-10,12,14-17H,5-6H2,1-2H3/b4-3+. The van der Waals surface area contributed by atoms with Gasteiger partial charge in [-0.25, -0.2) is 4.39 Å². The van der Waals surface area contributed by atoms with Crippen molar-refractivity contribution in [3.8, 4) is 11.8 Å². The van der Waals surface area contributed by atoms with Crippen LogP contribution in [0.25, 0.3) is 10.8 Å². The molecule has 3 rings (SSSR count). The van der Waals surface area contributed by atoms with Crippen LogP contribution in [0.3, 0.4) is 0 Å². The molecule has 0 radical (unpaired) electrons. The van der Waals surface area contributed by atoms with Gasteiger partial charge >= 0.3 is 0 Å². The number of rotatable bonds is 3. The number of fused-ring (bicyclic) bond motifs is 1. The first kappa shape index (κ1) is 17.0. The molecule has 124 valence electrons. The van der Waals surface area contributed by atoms with Crippen LogP contribution in [-0.2, 0) is 6.42 Å². The Morgan fingerprint density at radius 3 is 2.52 bits per heavy atom. The lowest BCUT2D eigenvalue weighted by atomic mass is 10.0. The van der Waals surface area contributed by atoms with Crippen molar-refractivity contribution in [2.45, 2.75) is 26.7 Å². The van der Waals surface area contributed by atoms with Crippen LogP contribution in [-0.4, -0.2) is 0 Å². The molecule has 3 aromatic carbocycles. The Morgan fingerprint density at radius 2 is 1.76 bits per heavy atom. The summed E-state index contributed by atoms with van der Waals surface area (Å²) >= 11 is 0. The van der Waals surface area contributed by atoms with E-state index in [-0.39, 0.29) is 5.82 Å². The molecule has 0 amide bonds. The maximum atomic E-state index is 14.8. The van der Waals surface area contributed by atoms with Crippen LogP contribution in [0.1, 0.15) is 35.6 Å². The SMILES string of the molecule is C/C=C/CCc1ccc2c(F)c(C#Cc3ccc(C)cc3)ccc2c1. The quantitative estimate of drug-likeness (QED) is 0.397. The normalized spacial score (nSPS) is 10.8. The highest BCUT2D eigenvalue weighted by molar-refractivity contribution is 5.85. The zero-order valence-corrected chi connectivity index (χ0v) is 14.6. The van der Waals surface area contributed by atoms with Crippen LogP contribution in [0.5, 0.6) is 0 Å². The molecule has 0 unspecified atom stereocenters. The van der Waals surface area contributed by atoms with E-state index in [2.05, 4.69) is 30.1 Å². The van der Waals surface area contributed by atoms with Crippen molar-refractivity contribution in [2.24, 2.45) is 0 Å². The van der Waals surface area contributed by atoms with Crippen LogP contribution in [0.4, 0.5) is 4.39 Å². The fourth-order valence-electron chi connectivity index (χ4n) is 2.79. The largest absolute Gasteiger partial charge is 0.205 e. The Bertz CT molecular complexity index is 967. The summed E-state index contributed by atoms with van der Waals surface area (Å²) in [6.07, 6.45) is 6.18. The summed E-state index contributed by atoms with van der Waals surface area (Å²) in [6.45, 7) is 4.06. The summed E-state index contributed by atoms with van der Waals surface area (Å²) in [6, 6.07) is 17.6. The molecule has 0 aliphatic heterocycles. The summed E-state index contributed by atoms with van der Waals surface area (Å²) in [5.74, 6) is 5.77. The first-order valence-corrected chi connectivity index (χ1v) is 8.58. The molecule has 0 atom stereocenters. The van der Waals surface area contributed by atoms with Crippen LogP contribution < -0.4 is 0 Å². The number of hydrogen-bond acceptors (Lipinski definition) is 0. The van der Waals surface area contributed by atoms with Gasteiger partial charge in [0.1, 0.15) is 5.82 Å². The Kier molecular flexibility index (Phi) is 5.31. The molecule has 0 spiro atoms. The lowest BCUT2D eigenvalue weighted by molar-refractivity contribution is 0.636. The molecule has 3 aromatic rings. The molecule has 0 saturated heterocycles. The van der Waals surface area contributed by atoms with Crippen LogP contribution in [0.2, 0.25) is 0 Å². The van der Waals surface area contributed by atoms with Gasteiger partial charge in [-0.1, -0.05) is 66.0 Å². The average Bonchev–Trinajstić information content (AvgIpc) is 2.63. The van der Waals surface area contributed by atoms with E-state index >= 15 is 0 Å². The van der Waals surface area contributed by atoms with Crippen molar-refractivity contribution in [3.63, 3.8) is 0 Å². The van der Waals surface area contributed by atoms with Gasteiger partial charge in [-0.05, 0) is 55.8 Å². The fraction of sp³-hybridized carbons (Fsp3) is 0.167. The molecule has 0 heterocycles. The Hall–Kier alpha value is -2.85.